The van der Waals surface area contributed by atoms with Crippen molar-refractivity contribution < 1.29 is 9.21 Å². The number of carbonyl (C=O) groups is 1. The molecule has 0 saturated carbocycles. The van der Waals surface area contributed by atoms with Crippen molar-refractivity contribution in [1.29, 1.82) is 0 Å². The number of anilines is 2. The van der Waals surface area contributed by atoms with Gasteiger partial charge in [0.05, 0.1) is 6.26 Å². The van der Waals surface area contributed by atoms with Crippen LogP contribution in [-0.2, 0) is 4.79 Å². The van der Waals surface area contributed by atoms with Crippen molar-refractivity contribution in [3.8, 4) is 11.6 Å². The van der Waals surface area contributed by atoms with Crippen molar-refractivity contribution in [2.75, 3.05) is 23.7 Å². The van der Waals surface area contributed by atoms with Crippen LogP contribution < -0.4 is 10.6 Å². The molecular formula is C14H14N6O2. The van der Waals surface area contributed by atoms with Gasteiger partial charge in [0.25, 0.3) is 0 Å². The third-order valence-electron chi connectivity index (χ3n) is 3.72. The molecule has 0 aliphatic carbocycles. The molecule has 0 atom stereocenters. The maximum atomic E-state index is 11.3. The second kappa shape index (κ2) is 4.83. The Kier molecular flexibility index (Phi) is 2.81. The van der Waals surface area contributed by atoms with Crippen LogP contribution in [0.4, 0.5) is 11.8 Å². The number of nitrogen functional groups attached to an aromatic ring is 1. The van der Waals surface area contributed by atoms with Gasteiger partial charge in [-0.15, -0.1) is 5.10 Å². The fourth-order valence-corrected chi connectivity index (χ4v) is 2.56. The van der Waals surface area contributed by atoms with Crippen LogP contribution in [0.3, 0.4) is 0 Å². The lowest BCUT2D eigenvalue weighted by Gasteiger charge is -2.27. The maximum Gasteiger partial charge on any atom is 0.225 e. The number of rotatable bonds is 2. The molecule has 2 N–H and O–H groups in total. The van der Waals surface area contributed by atoms with E-state index in [4.69, 9.17) is 10.2 Å². The number of nitrogens with two attached hydrogens (primary N) is 1. The highest BCUT2D eigenvalue weighted by atomic mass is 16.3. The van der Waals surface area contributed by atoms with E-state index < -0.39 is 0 Å². The molecule has 0 bridgehead atoms. The third-order valence-corrected chi connectivity index (χ3v) is 3.72. The van der Waals surface area contributed by atoms with E-state index in [-0.39, 0.29) is 11.7 Å². The molecule has 0 aromatic carbocycles. The quantitative estimate of drug-likeness (QED) is 0.756. The molecule has 8 nitrogen and oxygen atoms in total. The van der Waals surface area contributed by atoms with Crippen LogP contribution in [0.25, 0.3) is 17.2 Å². The Balaban J connectivity index is 1.74. The van der Waals surface area contributed by atoms with E-state index in [1.807, 2.05) is 11.0 Å². The number of aromatic nitrogens is 4. The Morgan fingerprint density at radius 2 is 2.05 bits per heavy atom. The molecular weight excluding hydrogens is 284 g/mol. The third kappa shape index (κ3) is 2.09. The SMILES string of the molecule is Nc1nc(N2CCC(=O)CC2)cc2nc(-c3ccco3)nn12. The standard InChI is InChI=1S/C14H14N6O2/c15-14-17-11(19-5-3-9(21)4-6-19)8-12-16-13(18-20(12)14)10-2-1-7-22-10/h1-2,7-8H,3-6H2,(H2,15,17). The van der Waals surface area contributed by atoms with E-state index in [9.17, 15) is 4.79 Å². The molecule has 0 spiro atoms. The van der Waals surface area contributed by atoms with Gasteiger partial charge in [-0.25, -0.2) is 4.98 Å². The average molecular weight is 298 g/mol. The summed E-state index contributed by atoms with van der Waals surface area (Å²) < 4.78 is 6.78. The molecule has 1 aliphatic rings. The van der Waals surface area contributed by atoms with Gasteiger partial charge in [0.2, 0.25) is 11.8 Å². The van der Waals surface area contributed by atoms with Gasteiger partial charge in [-0.05, 0) is 12.1 Å². The van der Waals surface area contributed by atoms with E-state index >= 15 is 0 Å². The average Bonchev–Trinajstić information content (AvgIpc) is 3.17. The lowest BCUT2D eigenvalue weighted by Crippen LogP contribution is -2.34. The van der Waals surface area contributed by atoms with Crippen LogP contribution in [0.2, 0.25) is 0 Å². The molecule has 1 saturated heterocycles. The minimum atomic E-state index is 0.259. The highest BCUT2D eigenvalue weighted by Gasteiger charge is 2.20. The summed E-state index contributed by atoms with van der Waals surface area (Å²) in [7, 11) is 0. The summed E-state index contributed by atoms with van der Waals surface area (Å²) in [5, 5.41) is 4.30. The minimum Gasteiger partial charge on any atom is -0.461 e. The van der Waals surface area contributed by atoms with Crippen molar-refractivity contribution in [3.05, 3.63) is 24.5 Å². The predicted molar refractivity (Wildman–Crippen MR) is 79.4 cm³/mol. The molecule has 0 unspecified atom stereocenters. The van der Waals surface area contributed by atoms with Gasteiger partial charge in [0.1, 0.15) is 11.6 Å². The fraction of sp³-hybridized carbons (Fsp3) is 0.286. The molecule has 22 heavy (non-hydrogen) atoms. The number of piperidine rings is 1. The number of nitrogens with zero attached hydrogens (tertiary/aromatic N) is 5. The number of hydrogen-bond acceptors (Lipinski definition) is 7. The van der Waals surface area contributed by atoms with E-state index in [1.165, 1.54) is 4.52 Å². The Hall–Kier alpha value is -2.90. The lowest BCUT2D eigenvalue weighted by molar-refractivity contribution is -0.119. The number of Topliss-reactive ketones (excluding diaryl/α,β-unsaturated/α-hetero) is 1. The maximum absolute atomic E-state index is 11.3. The van der Waals surface area contributed by atoms with Gasteiger partial charge in [-0.2, -0.15) is 9.50 Å². The van der Waals surface area contributed by atoms with Crippen molar-refractivity contribution in [3.63, 3.8) is 0 Å². The molecule has 0 amide bonds. The molecule has 0 radical (unpaired) electrons. The molecule has 1 fully saturated rings. The molecule has 4 rings (SSSR count). The predicted octanol–water partition coefficient (Wildman–Crippen LogP) is 1.14. The number of furan rings is 1. The van der Waals surface area contributed by atoms with Crippen LogP contribution in [-0.4, -0.2) is 38.5 Å². The summed E-state index contributed by atoms with van der Waals surface area (Å²) in [6.45, 7) is 1.31. The molecule has 8 heteroatoms. The topological polar surface area (TPSA) is 103 Å². The van der Waals surface area contributed by atoms with Crippen molar-refractivity contribution in [2.45, 2.75) is 12.8 Å². The Bertz CT molecular complexity index is 829. The van der Waals surface area contributed by atoms with Crippen LogP contribution in [0.1, 0.15) is 12.8 Å². The summed E-state index contributed by atoms with van der Waals surface area (Å²) in [6.07, 6.45) is 2.65. The van der Waals surface area contributed by atoms with Crippen molar-refractivity contribution >= 4 is 23.2 Å². The number of hydrogen-bond donors (Lipinski definition) is 1. The number of ketones is 1. The zero-order valence-corrected chi connectivity index (χ0v) is 11.8. The Morgan fingerprint density at radius 1 is 1.23 bits per heavy atom. The highest BCUT2D eigenvalue weighted by Crippen LogP contribution is 2.22. The first-order valence-electron chi connectivity index (χ1n) is 7.04. The second-order valence-electron chi connectivity index (χ2n) is 5.18. The van der Waals surface area contributed by atoms with Gasteiger partial charge in [-0.3, -0.25) is 4.79 Å². The summed E-state index contributed by atoms with van der Waals surface area (Å²) in [5.41, 5.74) is 6.59. The molecule has 3 aromatic rings. The van der Waals surface area contributed by atoms with E-state index in [2.05, 4.69) is 15.1 Å². The Labute approximate surface area is 125 Å². The first kappa shape index (κ1) is 12.8. The largest absolute Gasteiger partial charge is 0.461 e. The fourth-order valence-electron chi connectivity index (χ4n) is 2.56. The first-order chi connectivity index (χ1) is 10.7. The zero-order chi connectivity index (χ0) is 15.1. The highest BCUT2D eigenvalue weighted by molar-refractivity contribution is 5.81. The van der Waals surface area contributed by atoms with Crippen LogP contribution in [0.15, 0.2) is 28.9 Å². The molecule has 4 heterocycles. The van der Waals surface area contributed by atoms with Crippen LogP contribution in [0, 0.1) is 0 Å². The van der Waals surface area contributed by atoms with Crippen molar-refractivity contribution in [1.82, 2.24) is 19.6 Å². The number of carbonyl (C=O) groups excluding carboxylic acids is 1. The summed E-state index contributed by atoms with van der Waals surface area (Å²) in [5.74, 6) is 2.30. The minimum absolute atomic E-state index is 0.259. The second-order valence-corrected chi connectivity index (χ2v) is 5.18. The van der Waals surface area contributed by atoms with Gasteiger partial charge >= 0.3 is 0 Å². The van der Waals surface area contributed by atoms with E-state index in [0.717, 1.165) is 5.82 Å². The van der Waals surface area contributed by atoms with Gasteiger partial charge in [-0.1, -0.05) is 0 Å². The lowest BCUT2D eigenvalue weighted by atomic mass is 10.1. The van der Waals surface area contributed by atoms with Gasteiger partial charge in [0, 0.05) is 32.0 Å². The molecule has 3 aromatic heterocycles. The smallest absolute Gasteiger partial charge is 0.225 e. The van der Waals surface area contributed by atoms with Gasteiger partial charge in [0.15, 0.2) is 11.4 Å². The normalized spacial score (nSPS) is 15.6. The zero-order valence-electron chi connectivity index (χ0n) is 11.8. The summed E-state index contributed by atoms with van der Waals surface area (Å²) in [4.78, 5) is 22.2. The van der Waals surface area contributed by atoms with Gasteiger partial charge < -0.3 is 15.1 Å². The molecule has 112 valence electrons. The summed E-state index contributed by atoms with van der Waals surface area (Å²) in [6, 6.07) is 5.39. The molecule has 1 aliphatic heterocycles. The van der Waals surface area contributed by atoms with Crippen LogP contribution in [0.5, 0.6) is 0 Å². The van der Waals surface area contributed by atoms with E-state index in [0.29, 0.717) is 43.2 Å². The van der Waals surface area contributed by atoms with Crippen molar-refractivity contribution in [2.24, 2.45) is 0 Å². The Morgan fingerprint density at radius 3 is 2.77 bits per heavy atom. The summed E-state index contributed by atoms with van der Waals surface area (Å²) >= 11 is 0. The van der Waals surface area contributed by atoms with E-state index in [1.54, 1.807) is 18.4 Å². The van der Waals surface area contributed by atoms with Crippen LogP contribution >= 0.6 is 0 Å². The number of fused-ring (bicyclic) bond motifs is 1. The first-order valence-corrected chi connectivity index (χ1v) is 7.04. The monoisotopic (exact) mass is 298 g/mol.